The van der Waals surface area contributed by atoms with Gasteiger partial charge in [0.2, 0.25) is 0 Å². The van der Waals surface area contributed by atoms with E-state index in [9.17, 15) is 0 Å². The van der Waals surface area contributed by atoms with Crippen molar-refractivity contribution in [2.24, 2.45) is 0 Å². The molecule has 0 aliphatic heterocycles. The summed E-state index contributed by atoms with van der Waals surface area (Å²) in [6.07, 6.45) is 0. The molecule has 7 heteroatoms. The van der Waals surface area contributed by atoms with E-state index in [1.807, 2.05) is 0 Å². The molecule has 40 valence electrons. The molecular formula is HClKMnO4. The van der Waals surface area contributed by atoms with Crippen molar-refractivity contribution in [1.82, 2.24) is 0 Å². The zero-order valence-corrected chi connectivity index (χ0v) is 8.45. The third-order valence-electron chi connectivity index (χ3n) is 0. The SMILES string of the molecule is [Cl-].[H+].[K+].[O]=[Mn](=[O])(=[O])[O-]. The summed E-state index contributed by atoms with van der Waals surface area (Å²) in [5, 5.41) is 0. The van der Waals surface area contributed by atoms with Crippen LogP contribution in [0.3, 0.4) is 0 Å². The van der Waals surface area contributed by atoms with Crippen molar-refractivity contribution in [2.75, 3.05) is 0 Å². The summed E-state index contributed by atoms with van der Waals surface area (Å²) < 4.78 is 34.3. The molecule has 7 heavy (non-hydrogen) atoms. The molecule has 0 atom stereocenters. The zero-order valence-electron chi connectivity index (χ0n) is 4.39. The molecule has 0 bridgehead atoms. The van der Waals surface area contributed by atoms with Crippen molar-refractivity contribution >= 4 is 0 Å². The fourth-order valence-corrected chi connectivity index (χ4v) is 0. The Kier molecular flexibility index (Phi) is 13.5. The van der Waals surface area contributed by atoms with Gasteiger partial charge < -0.3 is 12.4 Å². The molecule has 0 radical (unpaired) electrons. The van der Waals surface area contributed by atoms with Gasteiger partial charge in [-0.25, -0.2) is 0 Å². The average molecular weight is 194 g/mol. The van der Waals surface area contributed by atoms with Crippen molar-refractivity contribution in [1.29, 1.82) is 0 Å². The number of rotatable bonds is 0. The molecule has 0 saturated heterocycles. The summed E-state index contributed by atoms with van der Waals surface area (Å²) in [5.41, 5.74) is 0. The Morgan fingerprint density at radius 1 is 1.29 bits per heavy atom. The van der Waals surface area contributed by atoms with Crippen LogP contribution in [-0.2, 0) is 24.5 Å². The standard InChI is InChI=1S/ClH.K.Mn.4O/h1H;;;;;;/q;+1;;;;;-1. The number of halogens is 1. The van der Waals surface area contributed by atoms with Crippen LogP contribution in [0, 0.1) is 0 Å². The molecule has 0 amide bonds. The molecule has 0 N–H and O–H groups in total. The van der Waals surface area contributed by atoms with Crippen molar-refractivity contribution in [3.05, 3.63) is 0 Å². The molecule has 0 aromatic rings. The Hall–Kier alpha value is 1.81. The third-order valence-corrected chi connectivity index (χ3v) is 0. The molecule has 0 saturated carbocycles. The fourth-order valence-electron chi connectivity index (χ4n) is 0. The average Bonchev–Trinajstić information content (AvgIpc) is 0.722. The number of hydrogen-bond donors (Lipinski definition) is 0. The summed E-state index contributed by atoms with van der Waals surface area (Å²) in [4.78, 5) is 0. The molecule has 0 aliphatic rings. The first-order chi connectivity index (χ1) is 2.00. The molecule has 0 aromatic carbocycles. The van der Waals surface area contributed by atoms with E-state index in [0.29, 0.717) is 0 Å². The maximum atomic E-state index is 8.58. The van der Waals surface area contributed by atoms with Crippen molar-refractivity contribution in [3.63, 3.8) is 0 Å². The van der Waals surface area contributed by atoms with Crippen molar-refractivity contribution in [2.45, 2.75) is 0 Å². The second-order valence-electron chi connectivity index (χ2n) is 0.378. The zero-order chi connectivity index (χ0) is 4.50. The van der Waals surface area contributed by atoms with Gasteiger partial charge in [-0.15, -0.1) is 0 Å². The molecule has 0 unspecified atom stereocenters. The van der Waals surface area contributed by atoms with E-state index < -0.39 is 13.0 Å². The topological polar surface area (TPSA) is 74.3 Å². The van der Waals surface area contributed by atoms with Crippen LogP contribution in [0.5, 0.6) is 0 Å². The van der Waals surface area contributed by atoms with Gasteiger partial charge in [0.05, 0.1) is 0 Å². The van der Waals surface area contributed by atoms with Gasteiger partial charge in [0.15, 0.2) is 0 Å². The Balaban J connectivity index is -0.0000000267. The molecule has 0 aromatic heterocycles. The summed E-state index contributed by atoms with van der Waals surface area (Å²) in [6.45, 7) is 0. The molecule has 0 rings (SSSR count). The van der Waals surface area contributed by atoms with Gasteiger partial charge in [0.1, 0.15) is 0 Å². The summed E-state index contributed by atoms with van der Waals surface area (Å²) >= 11 is -5.62. The quantitative estimate of drug-likeness (QED) is 0.359. The van der Waals surface area contributed by atoms with Crippen LogP contribution < -0.4 is 68.0 Å². The van der Waals surface area contributed by atoms with Crippen LogP contribution in [0.25, 0.3) is 0 Å². The van der Waals surface area contributed by atoms with Crippen LogP contribution in [-0.4, -0.2) is 0 Å². The van der Waals surface area contributed by atoms with Gasteiger partial charge in [-0.1, -0.05) is 0 Å². The Bertz CT molecular complexity index is 137. The molecule has 0 aliphatic carbocycles. The summed E-state index contributed by atoms with van der Waals surface area (Å²) in [5.74, 6) is 0. The molecule has 4 nitrogen and oxygen atoms in total. The monoisotopic (exact) mass is 194 g/mol. The fraction of sp³-hybridized carbons (Fsp3) is 0. The first-order valence-electron chi connectivity index (χ1n) is 0.617. The van der Waals surface area contributed by atoms with E-state index in [0.717, 1.165) is 0 Å². The first-order valence-corrected chi connectivity index (χ1v) is 2.54. The Morgan fingerprint density at radius 2 is 1.29 bits per heavy atom. The summed E-state index contributed by atoms with van der Waals surface area (Å²) in [6, 6.07) is 0. The van der Waals surface area contributed by atoms with Gasteiger partial charge in [-0.2, -0.15) is 0 Å². The van der Waals surface area contributed by atoms with E-state index in [2.05, 4.69) is 0 Å². The Labute approximate surface area is 92.1 Å². The minimum atomic E-state index is -5.62. The summed E-state index contributed by atoms with van der Waals surface area (Å²) in [7, 11) is 0. The second-order valence-corrected chi connectivity index (χ2v) is 1.56. The van der Waals surface area contributed by atoms with Gasteiger partial charge in [-0.3, -0.25) is 0 Å². The normalized spacial score (nSPS) is 8.14. The van der Waals surface area contributed by atoms with Gasteiger partial charge >= 0.3 is 81.5 Å². The van der Waals surface area contributed by atoms with Crippen molar-refractivity contribution in [3.8, 4) is 0 Å². The third kappa shape index (κ3) is 80.7. The van der Waals surface area contributed by atoms with Crippen molar-refractivity contribution < 1.29 is 93.9 Å². The van der Waals surface area contributed by atoms with Crippen LogP contribution in [0.1, 0.15) is 1.43 Å². The van der Waals surface area contributed by atoms with Crippen LogP contribution in [0.4, 0.5) is 0 Å². The van der Waals surface area contributed by atoms with E-state index in [4.69, 9.17) is 15.7 Å². The molecule has 0 spiro atoms. The van der Waals surface area contributed by atoms with E-state index in [1.165, 1.54) is 0 Å². The first kappa shape index (κ1) is 15.9. The molecule has 0 fully saturated rings. The maximum absolute atomic E-state index is 8.58. The van der Waals surface area contributed by atoms with Crippen LogP contribution >= 0.6 is 0 Å². The van der Waals surface area contributed by atoms with Crippen LogP contribution in [0.15, 0.2) is 0 Å². The predicted molar refractivity (Wildman–Crippen MR) is 3.17 cm³/mol. The second kappa shape index (κ2) is 5.93. The van der Waals surface area contributed by atoms with Gasteiger partial charge in [0.25, 0.3) is 0 Å². The van der Waals surface area contributed by atoms with E-state index in [-0.39, 0.29) is 65.2 Å². The van der Waals surface area contributed by atoms with Gasteiger partial charge in [0, 0.05) is 0 Å². The minimum absolute atomic E-state index is 0. The number of hydrogen-bond acceptors (Lipinski definition) is 4. The van der Waals surface area contributed by atoms with Crippen LogP contribution in [0.2, 0.25) is 0 Å². The predicted octanol–water partition coefficient (Wildman–Crippen LogP) is -7.43. The molecular weight excluding hydrogens is 193 g/mol. The Morgan fingerprint density at radius 3 is 1.29 bits per heavy atom. The van der Waals surface area contributed by atoms with E-state index >= 15 is 0 Å². The van der Waals surface area contributed by atoms with Gasteiger partial charge in [-0.05, 0) is 0 Å². The molecule has 0 heterocycles. The van der Waals surface area contributed by atoms with E-state index in [1.54, 1.807) is 0 Å².